The summed E-state index contributed by atoms with van der Waals surface area (Å²) in [6.45, 7) is 3.11. The second kappa shape index (κ2) is 8.44. The van der Waals surface area contributed by atoms with Gasteiger partial charge in [-0.05, 0) is 42.5 Å². The number of aromatic nitrogens is 2. The molecule has 7 rings (SSSR count). The molecular weight excluding hydrogens is 469 g/mol. The third-order valence-corrected chi connectivity index (χ3v) is 7.10. The highest BCUT2D eigenvalue weighted by Crippen LogP contribution is 2.46. The first-order valence-electron chi connectivity index (χ1n) is 12.2. The molecule has 0 amide bonds. The van der Waals surface area contributed by atoms with Crippen LogP contribution in [0.15, 0.2) is 83.5 Å². The van der Waals surface area contributed by atoms with Crippen LogP contribution in [0.25, 0.3) is 22.2 Å². The van der Waals surface area contributed by atoms with Crippen LogP contribution < -0.4 is 15.1 Å². The number of halogens is 1. The van der Waals surface area contributed by atoms with Gasteiger partial charge in [0, 0.05) is 49.2 Å². The van der Waals surface area contributed by atoms with Gasteiger partial charge < -0.3 is 19.6 Å². The molecule has 37 heavy (non-hydrogen) atoms. The molecule has 0 spiro atoms. The molecule has 182 valence electrons. The Morgan fingerprint density at radius 3 is 2.35 bits per heavy atom. The van der Waals surface area contributed by atoms with E-state index in [0.717, 1.165) is 43.2 Å². The number of nitrogens with zero attached hydrogens (tertiary/aromatic N) is 4. The van der Waals surface area contributed by atoms with Crippen LogP contribution in [0.5, 0.6) is 0 Å². The van der Waals surface area contributed by atoms with E-state index in [1.54, 1.807) is 18.2 Å². The minimum atomic E-state index is -0.319. The highest BCUT2D eigenvalue weighted by atomic mass is 19.1. The largest absolute Gasteiger partial charge is 0.366 e. The molecule has 0 saturated carbocycles. The van der Waals surface area contributed by atoms with Crippen molar-refractivity contribution < 1.29 is 13.7 Å². The summed E-state index contributed by atoms with van der Waals surface area (Å²) >= 11 is 0. The number of anilines is 4. The number of carbonyl (C=O) groups is 1. The van der Waals surface area contributed by atoms with Gasteiger partial charge in [-0.3, -0.25) is 4.79 Å². The fourth-order valence-corrected chi connectivity index (χ4v) is 5.29. The summed E-state index contributed by atoms with van der Waals surface area (Å²) in [6.07, 6.45) is 1.81. The minimum Gasteiger partial charge on any atom is -0.366 e. The van der Waals surface area contributed by atoms with Crippen LogP contribution in [0.4, 0.5) is 27.3 Å². The zero-order chi connectivity index (χ0) is 24.9. The lowest BCUT2D eigenvalue weighted by molar-refractivity contribution is 0.104. The Morgan fingerprint density at radius 2 is 1.59 bits per heavy atom. The maximum Gasteiger partial charge on any atom is 0.196 e. The Bertz CT molecular complexity index is 1640. The van der Waals surface area contributed by atoms with Crippen molar-refractivity contribution in [2.75, 3.05) is 41.3 Å². The van der Waals surface area contributed by atoms with Crippen molar-refractivity contribution in [3.63, 3.8) is 0 Å². The molecule has 0 bridgehead atoms. The van der Waals surface area contributed by atoms with E-state index in [1.165, 1.54) is 12.1 Å². The number of fused-ring (bicyclic) bond motifs is 2. The number of pyridine rings is 1. The summed E-state index contributed by atoms with van der Waals surface area (Å²) < 4.78 is 19.5. The van der Waals surface area contributed by atoms with E-state index < -0.39 is 0 Å². The Kier molecular flexibility index (Phi) is 4.92. The van der Waals surface area contributed by atoms with E-state index in [4.69, 9.17) is 4.52 Å². The van der Waals surface area contributed by atoms with E-state index in [9.17, 15) is 9.18 Å². The third kappa shape index (κ3) is 3.52. The lowest BCUT2D eigenvalue weighted by Crippen LogP contribution is -2.47. The third-order valence-electron chi connectivity index (χ3n) is 7.10. The van der Waals surface area contributed by atoms with Crippen molar-refractivity contribution in [3.8, 4) is 11.3 Å². The van der Waals surface area contributed by atoms with Crippen molar-refractivity contribution in [3.05, 3.63) is 95.9 Å². The Balaban J connectivity index is 1.34. The first-order chi connectivity index (χ1) is 18.2. The average molecular weight is 492 g/mol. The van der Waals surface area contributed by atoms with Gasteiger partial charge in [0.1, 0.15) is 17.2 Å². The van der Waals surface area contributed by atoms with Crippen LogP contribution in [0, 0.1) is 5.82 Å². The minimum absolute atomic E-state index is 0.0903. The van der Waals surface area contributed by atoms with E-state index in [0.29, 0.717) is 39.2 Å². The molecule has 0 radical (unpaired) electrons. The summed E-state index contributed by atoms with van der Waals surface area (Å²) in [5.74, 6) is 1.14. The molecule has 1 fully saturated rings. The van der Waals surface area contributed by atoms with Crippen LogP contribution in [0.2, 0.25) is 0 Å². The lowest BCUT2D eigenvalue weighted by atomic mass is 9.86. The summed E-state index contributed by atoms with van der Waals surface area (Å²) in [4.78, 5) is 22.8. The number of hydrogen-bond donors (Lipinski definition) is 1. The first-order valence-corrected chi connectivity index (χ1v) is 12.2. The van der Waals surface area contributed by atoms with Crippen molar-refractivity contribution >= 4 is 39.6 Å². The van der Waals surface area contributed by atoms with Crippen molar-refractivity contribution in [1.82, 2.24) is 10.1 Å². The molecule has 1 aliphatic carbocycles. The summed E-state index contributed by atoms with van der Waals surface area (Å²) in [5.41, 5.74) is 4.73. The molecular formula is C29H22FN5O2. The molecule has 7 nitrogen and oxygen atoms in total. The van der Waals surface area contributed by atoms with Crippen molar-refractivity contribution in [2.24, 2.45) is 0 Å². The number of ketones is 1. The van der Waals surface area contributed by atoms with Crippen molar-refractivity contribution in [1.29, 1.82) is 0 Å². The standard InChI is InChI=1S/C29H22FN5O2/c30-18-8-10-19(11-9-18)32-22-17-23(34-13-15-35(16-14-34)24-7-3-4-12-31-24)27-26-25(22)28(36)20-5-1-2-6-21(20)29(26)37-33-27/h1-12,17,32H,13-16H2. The maximum atomic E-state index is 13.7. The van der Waals surface area contributed by atoms with Crippen LogP contribution in [0.1, 0.15) is 15.9 Å². The van der Waals surface area contributed by atoms with Crippen LogP contribution in [-0.2, 0) is 0 Å². The van der Waals surface area contributed by atoms with Gasteiger partial charge in [0.25, 0.3) is 0 Å². The molecule has 2 aromatic heterocycles. The number of hydrogen-bond acceptors (Lipinski definition) is 7. The fraction of sp³-hybridized carbons (Fsp3) is 0.138. The van der Waals surface area contributed by atoms with Gasteiger partial charge in [-0.2, -0.15) is 0 Å². The number of carbonyl (C=O) groups excluding carboxylic acids is 1. The number of rotatable bonds is 4. The predicted molar refractivity (Wildman–Crippen MR) is 141 cm³/mol. The topological polar surface area (TPSA) is 74.5 Å². The Labute approximate surface area is 212 Å². The monoisotopic (exact) mass is 491 g/mol. The molecule has 2 aliphatic rings. The van der Waals surface area contributed by atoms with E-state index in [-0.39, 0.29) is 11.6 Å². The molecule has 1 N–H and O–H groups in total. The summed E-state index contributed by atoms with van der Waals surface area (Å²) in [7, 11) is 0. The number of piperazine rings is 1. The quantitative estimate of drug-likeness (QED) is 0.342. The lowest BCUT2D eigenvalue weighted by Gasteiger charge is -2.37. The van der Waals surface area contributed by atoms with Gasteiger partial charge in [-0.1, -0.05) is 35.5 Å². The summed E-state index contributed by atoms with van der Waals surface area (Å²) in [6, 6.07) is 21.4. The van der Waals surface area contributed by atoms with E-state index in [1.807, 2.05) is 48.7 Å². The number of benzene rings is 3. The Hall–Kier alpha value is -4.72. The number of nitrogens with one attached hydrogen (secondary N) is 1. The molecule has 3 heterocycles. The van der Waals surface area contributed by atoms with Gasteiger partial charge in [0.05, 0.1) is 22.3 Å². The molecule has 8 heteroatoms. The molecule has 3 aromatic carbocycles. The smallest absolute Gasteiger partial charge is 0.196 e. The molecule has 5 aromatic rings. The normalized spacial score (nSPS) is 14.7. The molecule has 0 unspecified atom stereocenters. The second-order valence-electron chi connectivity index (χ2n) is 9.22. The van der Waals surface area contributed by atoms with Gasteiger partial charge in [-0.25, -0.2) is 9.37 Å². The van der Waals surface area contributed by atoms with Crippen LogP contribution >= 0.6 is 0 Å². The second-order valence-corrected chi connectivity index (χ2v) is 9.22. The highest BCUT2D eigenvalue weighted by molar-refractivity contribution is 6.28. The van der Waals surface area contributed by atoms with Gasteiger partial charge >= 0.3 is 0 Å². The fourth-order valence-electron chi connectivity index (χ4n) is 5.29. The highest BCUT2D eigenvalue weighted by Gasteiger charge is 2.34. The van der Waals surface area contributed by atoms with Crippen molar-refractivity contribution in [2.45, 2.75) is 0 Å². The van der Waals surface area contributed by atoms with Gasteiger partial charge in [0.2, 0.25) is 0 Å². The van der Waals surface area contributed by atoms with E-state index in [2.05, 4.69) is 25.3 Å². The zero-order valence-electron chi connectivity index (χ0n) is 19.8. The molecule has 1 saturated heterocycles. The summed E-state index contributed by atoms with van der Waals surface area (Å²) in [5, 5.41) is 8.54. The SMILES string of the molecule is O=C1c2ccccc2-c2onc3c(N4CCN(c5ccccn5)CC4)cc(Nc4ccc(F)cc4)c1c23. The molecule has 0 atom stereocenters. The average Bonchev–Trinajstić information content (AvgIpc) is 3.39. The van der Waals surface area contributed by atoms with Gasteiger partial charge in [-0.15, -0.1) is 0 Å². The zero-order valence-corrected chi connectivity index (χ0v) is 19.8. The Morgan fingerprint density at radius 1 is 0.865 bits per heavy atom. The maximum absolute atomic E-state index is 13.7. The van der Waals surface area contributed by atoms with Crippen LogP contribution in [-0.4, -0.2) is 42.1 Å². The molecule has 1 aliphatic heterocycles. The first kappa shape index (κ1) is 21.6. The predicted octanol–water partition coefficient (Wildman–Crippen LogP) is 5.64. The van der Waals surface area contributed by atoms with E-state index >= 15 is 0 Å². The van der Waals surface area contributed by atoms with Gasteiger partial charge in [0.15, 0.2) is 11.5 Å². The van der Waals surface area contributed by atoms with Crippen LogP contribution in [0.3, 0.4) is 0 Å².